The monoisotopic (exact) mass is 328 g/mol. The third kappa shape index (κ3) is 8.47. The Kier molecular flexibility index (Phi) is 7.46. The fourth-order valence-electron chi connectivity index (χ4n) is 1.74. The number of benzene rings is 1. The van der Waals surface area contributed by atoms with Gasteiger partial charge in [-0.1, -0.05) is 36.9 Å². The summed E-state index contributed by atoms with van der Waals surface area (Å²) in [7, 11) is 2.03. The summed E-state index contributed by atoms with van der Waals surface area (Å²) in [5, 5.41) is 0. The number of hydrogen-bond donors (Lipinski definition) is 1. The molecule has 0 saturated heterocycles. The third-order valence-electron chi connectivity index (χ3n) is 3.10. The summed E-state index contributed by atoms with van der Waals surface area (Å²) in [5.41, 5.74) is 2.23. The molecule has 1 unspecified atom stereocenters. The lowest BCUT2D eigenvalue weighted by Gasteiger charge is -2.24. The van der Waals surface area contributed by atoms with Gasteiger partial charge < -0.3 is 9.38 Å². The summed E-state index contributed by atoms with van der Waals surface area (Å²) >= 11 is 0. The van der Waals surface area contributed by atoms with Gasteiger partial charge in [0.2, 0.25) is 0 Å². The highest BCUT2D eigenvalue weighted by Gasteiger charge is 2.21. The first-order chi connectivity index (χ1) is 10.2. The highest BCUT2D eigenvalue weighted by molar-refractivity contribution is 7.47. The fourth-order valence-corrected chi connectivity index (χ4v) is 2.49. The molecule has 0 aliphatic heterocycles. The molecule has 1 rings (SSSR count). The second-order valence-corrected chi connectivity index (χ2v) is 7.65. The van der Waals surface area contributed by atoms with E-state index in [9.17, 15) is 9.46 Å². The standard InChI is InChI=1S/C16H26NO4P/c1-5-15-8-10-16(11-9-15)7-6-13-20-22(18,19)21-14-12-17(2,3)4/h5,8-11H,1,6-7,12-14H2,2-4H3/p+1. The van der Waals surface area contributed by atoms with Gasteiger partial charge >= 0.3 is 7.82 Å². The van der Waals surface area contributed by atoms with Crippen LogP contribution in [-0.2, 0) is 20.0 Å². The Labute approximate surface area is 133 Å². The van der Waals surface area contributed by atoms with Crippen LogP contribution in [0.2, 0.25) is 0 Å². The van der Waals surface area contributed by atoms with Crippen LogP contribution in [0.25, 0.3) is 6.08 Å². The molecule has 1 aromatic rings. The van der Waals surface area contributed by atoms with E-state index in [1.165, 1.54) is 0 Å². The maximum Gasteiger partial charge on any atom is 0.472 e. The van der Waals surface area contributed by atoms with Crippen molar-refractivity contribution < 1.29 is 23.0 Å². The molecule has 0 amide bonds. The zero-order valence-corrected chi connectivity index (χ0v) is 14.6. The van der Waals surface area contributed by atoms with E-state index >= 15 is 0 Å². The Morgan fingerprint density at radius 1 is 1.18 bits per heavy atom. The van der Waals surface area contributed by atoms with Gasteiger partial charge in [-0.3, -0.25) is 9.05 Å². The lowest BCUT2D eigenvalue weighted by molar-refractivity contribution is -0.870. The van der Waals surface area contributed by atoms with Crippen molar-refractivity contribution in [1.82, 2.24) is 0 Å². The predicted molar refractivity (Wildman–Crippen MR) is 89.5 cm³/mol. The minimum atomic E-state index is -3.94. The molecule has 0 fully saturated rings. The Bertz CT molecular complexity index is 508. The second kappa shape index (κ2) is 8.61. The van der Waals surface area contributed by atoms with Gasteiger partial charge in [0.15, 0.2) is 0 Å². The molecule has 6 heteroatoms. The van der Waals surface area contributed by atoms with Crippen molar-refractivity contribution in [3.05, 3.63) is 42.0 Å². The van der Waals surface area contributed by atoms with E-state index in [-0.39, 0.29) is 13.2 Å². The smallest absolute Gasteiger partial charge is 0.329 e. The Hall–Kier alpha value is -0.970. The maximum atomic E-state index is 11.7. The summed E-state index contributed by atoms with van der Waals surface area (Å²) in [5.74, 6) is 0. The minimum absolute atomic E-state index is 0.195. The number of phosphoric ester groups is 1. The Morgan fingerprint density at radius 2 is 1.77 bits per heavy atom. The lowest BCUT2D eigenvalue weighted by atomic mass is 10.1. The zero-order valence-electron chi connectivity index (χ0n) is 13.7. The van der Waals surface area contributed by atoms with E-state index in [4.69, 9.17) is 9.05 Å². The largest absolute Gasteiger partial charge is 0.472 e. The molecule has 1 aromatic carbocycles. The second-order valence-electron chi connectivity index (χ2n) is 6.20. The molecule has 0 bridgehead atoms. The molecule has 0 aliphatic rings. The van der Waals surface area contributed by atoms with Crippen molar-refractivity contribution in [2.45, 2.75) is 12.8 Å². The number of quaternary nitrogens is 1. The van der Waals surface area contributed by atoms with Crippen LogP contribution in [0.5, 0.6) is 0 Å². The predicted octanol–water partition coefficient (Wildman–Crippen LogP) is 3.10. The van der Waals surface area contributed by atoms with Crippen LogP contribution in [0.4, 0.5) is 0 Å². The molecule has 1 N–H and O–H groups in total. The third-order valence-corrected chi connectivity index (χ3v) is 4.11. The summed E-state index contributed by atoms with van der Waals surface area (Å²) in [6, 6.07) is 8.03. The Balaban J connectivity index is 2.24. The van der Waals surface area contributed by atoms with Crippen LogP contribution in [0.3, 0.4) is 0 Å². The molecule has 5 nitrogen and oxygen atoms in total. The van der Waals surface area contributed by atoms with Gasteiger partial charge in [-0.15, -0.1) is 0 Å². The summed E-state index contributed by atoms with van der Waals surface area (Å²) < 4.78 is 22.3. The average molecular weight is 328 g/mol. The van der Waals surface area contributed by atoms with Crippen molar-refractivity contribution in [3.8, 4) is 0 Å². The number of hydrogen-bond acceptors (Lipinski definition) is 3. The van der Waals surface area contributed by atoms with Crippen molar-refractivity contribution in [2.24, 2.45) is 0 Å². The van der Waals surface area contributed by atoms with Gasteiger partial charge in [-0.05, 0) is 24.0 Å². The highest BCUT2D eigenvalue weighted by Crippen LogP contribution is 2.43. The van der Waals surface area contributed by atoms with Crippen LogP contribution in [0.1, 0.15) is 17.5 Å². The van der Waals surface area contributed by atoms with E-state index in [0.29, 0.717) is 17.4 Å². The summed E-state index contributed by atoms with van der Waals surface area (Å²) in [4.78, 5) is 9.57. The van der Waals surface area contributed by atoms with Gasteiger partial charge in [0, 0.05) is 0 Å². The topological polar surface area (TPSA) is 55.8 Å². The van der Waals surface area contributed by atoms with Gasteiger partial charge in [0.05, 0.1) is 27.7 Å². The number of rotatable bonds is 10. The minimum Gasteiger partial charge on any atom is -0.329 e. The number of aryl methyl sites for hydroxylation is 1. The first kappa shape index (κ1) is 19.1. The van der Waals surface area contributed by atoms with Crippen LogP contribution in [-0.4, -0.2) is 50.3 Å². The van der Waals surface area contributed by atoms with Gasteiger partial charge in [-0.2, -0.15) is 0 Å². The fraction of sp³-hybridized carbons (Fsp3) is 0.500. The van der Waals surface area contributed by atoms with Crippen LogP contribution >= 0.6 is 7.82 Å². The first-order valence-electron chi connectivity index (χ1n) is 7.35. The molecule has 22 heavy (non-hydrogen) atoms. The van der Waals surface area contributed by atoms with E-state index in [0.717, 1.165) is 17.5 Å². The van der Waals surface area contributed by atoms with Gasteiger partial charge in [0.1, 0.15) is 13.2 Å². The molecule has 0 spiro atoms. The van der Waals surface area contributed by atoms with Gasteiger partial charge in [0.25, 0.3) is 0 Å². The van der Waals surface area contributed by atoms with Crippen molar-refractivity contribution in [1.29, 1.82) is 0 Å². The molecule has 0 aromatic heterocycles. The van der Waals surface area contributed by atoms with Crippen LogP contribution in [0, 0.1) is 0 Å². The van der Waals surface area contributed by atoms with Crippen molar-refractivity contribution in [2.75, 3.05) is 40.9 Å². The van der Waals surface area contributed by atoms with Crippen molar-refractivity contribution >= 4 is 13.9 Å². The molecule has 0 aliphatic carbocycles. The van der Waals surface area contributed by atoms with Crippen molar-refractivity contribution in [3.63, 3.8) is 0 Å². The SMILES string of the molecule is C=Cc1ccc(CCCOP(=O)(O)OCC[N+](C)(C)C)cc1. The molecule has 1 atom stereocenters. The molecule has 124 valence electrons. The van der Waals surface area contributed by atoms with Crippen LogP contribution < -0.4 is 0 Å². The summed E-state index contributed by atoms with van der Waals surface area (Å²) in [6.45, 7) is 4.74. The molecular formula is C16H27NO4P+. The number of phosphoric acid groups is 1. The lowest BCUT2D eigenvalue weighted by Crippen LogP contribution is -2.37. The maximum absolute atomic E-state index is 11.7. The number of nitrogens with zero attached hydrogens (tertiary/aromatic N) is 1. The number of likely N-dealkylation sites (N-methyl/N-ethyl adjacent to an activating group) is 1. The van der Waals surface area contributed by atoms with E-state index in [1.54, 1.807) is 6.08 Å². The summed E-state index contributed by atoms with van der Waals surface area (Å²) in [6.07, 6.45) is 3.25. The molecule has 0 radical (unpaired) electrons. The zero-order chi connectivity index (χ0) is 16.6. The molecular weight excluding hydrogens is 301 g/mol. The molecule has 0 heterocycles. The normalized spacial score (nSPS) is 14.5. The van der Waals surface area contributed by atoms with E-state index in [2.05, 4.69) is 6.58 Å². The van der Waals surface area contributed by atoms with Crippen LogP contribution in [0.15, 0.2) is 30.8 Å². The first-order valence-corrected chi connectivity index (χ1v) is 8.85. The highest BCUT2D eigenvalue weighted by atomic mass is 31.2. The Morgan fingerprint density at radius 3 is 2.32 bits per heavy atom. The average Bonchev–Trinajstić information content (AvgIpc) is 2.42. The molecule has 0 saturated carbocycles. The van der Waals surface area contributed by atoms with E-state index < -0.39 is 7.82 Å². The van der Waals surface area contributed by atoms with E-state index in [1.807, 2.05) is 45.4 Å². The van der Waals surface area contributed by atoms with Gasteiger partial charge in [-0.25, -0.2) is 4.57 Å². The quantitative estimate of drug-likeness (QED) is 0.407.